The zero-order valence-electron chi connectivity index (χ0n) is 11.5. The molecule has 0 spiro atoms. The fourth-order valence-electron chi connectivity index (χ4n) is 2.71. The Bertz CT molecular complexity index is 375. The summed E-state index contributed by atoms with van der Waals surface area (Å²) in [5.41, 5.74) is 0. The maximum absolute atomic E-state index is 11.8. The zero-order valence-corrected chi connectivity index (χ0v) is 11.5. The Morgan fingerprint density at radius 2 is 2.16 bits per heavy atom. The predicted molar refractivity (Wildman–Crippen MR) is 72.5 cm³/mol. The van der Waals surface area contributed by atoms with Crippen molar-refractivity contribution in [3.63, 3.8) is 0 Å². The molecule has 0 bridgehead atoms. The number of carbonyl (C=O) groups excluding carboxylic acids is 1. The first kappa shape index (κ1) is 15.4. The van der Waals surface area contributed by atoms with Crippen LogP contribution in [0.2, 0.25) is 0 Å². The van der Waals surface area contributed by atoms with Crippen molar-refractivity contribution < 1.29 is 14.7 Å². The van der Waals surface area contributed by atoms with Crippen LogP contribution in [-0.4, -0.2) is 29.2 Å². The molecule has 0 aromatic rings. The maximum Gasteiger partial charge on any atom is 0.327 e. The largest absolute Gasteiger partial charge is 0.480 e. The molecule has 0 aromatic carbocycles. The molecule has 1 aliphatic carbocycles. The van der Waals surface area contributed by atoms with Crippen LogP contribution in [-0.2, 0) is 4.79 Å². The minimum absolute atomic E-state index is 0.0133. The summed E-state index contributed by atoms with van der Waals surface area (Å²) < 4.78 is 0. The fraction of sp³-hybridized carbons (Fsp3) is 0.714. The molecule has 1 aliphatic rings. The van der Waals surface area contributed by atoms with Gasteiger partial charge in [-0.2, -0.15) is 0 Å². The van der Waals surface area contributed by atoms with Crippen LogP contribution in [0.4, 0.5) is 4.79 Å². The second kappa shape index (κ2) is 7.03. The van der Waals surface area contributed by atoms with Gasteiger partial charge in [-0.3, -0.25) is 0 Å². The fourth-order valence-corrected chi connectivity index (χ4v) is 2.71. The molecular weight excluding hydrogens is 244 g/mol. The first-order valence-corrected chi connectivity index (χ1v) is 6.72. The van der Waals surface area contributed by atoms with Crippen LogP contribution in [0.15, 0.2) is 0 Å². The molecule has 0 aliphatic heterocycles. The molecule has 4 unspecified atom stereocenters. The minimum atomic E-state index is -1.11. The van der Waals surface area contributed by atoms with Crippen molar-refractivity contribution >= 4 is 12.0 Å². The number of carboxylic acid groups (broad SMARTS) is 1. The van der Waals surface area contributed by atoms with E-state index < -0.39 is 18.0 Å². The molecular formula is C14H22N2O3. The average Bonchev–Trinajstić information content (AvgIpc) is 2.69. The number of hydrogen-bond donors (Lipinski definition) is 3. The Morgan fingerprint density at radius 1 is 1.47 bits per heavy atom. The lowest BCUT2D eigenvalue weighted by molar-refractivity contribution is -0.139. The highest BCUT2D eigenvalue weighted by molar-refractivity contribution is 5.82. The van der Waals surface area contributed by atoms with E-state index in [0.717, 1.165) is 19.3 Å². The van der Waals surface area contributed by atoms with E-state index in [0.29, 0.717) is 11.8 Å². The van der Waals surface area contributed by atoms with Crippen LogP contribution < -0.4 is 10.6 Å². The molecule has 1 saturated carbocycles. The van der Waals surface area contributed by atoms with E-state index in [9.17, 15) is 9.59 Å². The third-order valence-electron chi connectivity index (χ3n) is 3.99. The molecule has 1 fully saturated rings. The van der Waals surface area contributed by atoms with Crippen LogP contribution in [0, 0.1) is 24.2 Å². The van der Waals surface area contributed by atoms with Crippen LogP contribution >= 0.6 is 0 Å². The van der Waals surface area contributed by atoms with E-state index in [4.69, 9.17) is 11.5 Å². The van der Waals surface area contributed by atoms with Crippen LogP contribution in [0.25, 0.3) is 0 Å². The second-order valence-electron chi connectivity index (χ2n) is 5.13. The molecule has 1 rings (SSSR count). The molecule has 0 aromatic heterocycles. The van der Waals surface area contributed by atoms with E-state index in [2.05, 4.69) is 30.4 Å². The summed E-state index contributed by atoms with van der Waals surface area (Å²) in [5.74, 6) is 2.19. The SMILES string of the molecule is C#CCC(NC(=O)NC1CCC(CC)C1C)C(=O)O. The number of aliphatic carboxylic acids is 1. The monoisotopic (exact) mass is 266 g/mol. The van der Waals surface area contributed by atoms with Gasteiger partial charge in [0, 0.05) is 12.5 Å². The van der Waals surface area contributed by atoms with E-state index in [1.807, 2.05) is 0 Å². The number of nitrogens with one attached hydrogen (secondary N) is 2. The summed E-state index contributed by atoms with van der Waals surface area (Å²) in [5, 5.41) is 14.2. The van der Waals surface area contributed by atoms with Crippen LogP contribution in [0.5, 0.6) is 0 Å². The van der Waals surface area contributed by atoms with Crippen molar-refractivity contribution in [2.24, 2.45) is 11.8 Å². The summed E-state index contributed by atoms with van der Waals surface area (Å²) >= 11 is 0. The third kappa shape index (κ3) is 4.16. The summed E-state index contributed by atoms with van der Waals surface area (Å²) in [6, 6.07) is -1.36. The van der Waals surface area contributed by atoms with Gasteiger partial charge in [-0.15, -0.1) is 12.3 Å². The number of hydrogen-bond acceptors (Lipinski definition) is 2. The molecule has 5 heteroatoms. The molecule has 0 heterocycles. The Labute approximate surface area is 114 Å². The van der Waals surface area contributed by atoms with E-state index in [1.165, 1.54) is 0 Å². The summed E-state index contributed by atoms with van der Waals surface area (Å²) in [4.78, 5) is 22.7. The van der Waals surface area contributed by atoms with Gasteiger partial charge in [0.2, 0.25) is 0 Å². The number of carboxylic acids is 1. The Kier molecular flexibility index (Phi) is 5.68. The Balaban J connectivity index is 2.47. The topological polar surface area (TPSA) is 78.4 Å². The molecule has 106 valence electrons. The van der Waals surface area contributed by atoms with Gasteiger partial charge in [0.15, 0.2) is 0 Å². The highest BCUT2D eigenvalue weighted by atomic mass is 16.4. The van der Waals surface area contributed by atoms with Crippen molar-refractivity contribution in [3.8, 4) is 12.3 Å². The lowest BCUT2D eigenvalue weighted by Crippen LogP contribution is -2.49. The second-order valence-corrected chi connectivity index (χ2v) is 5.13. The van der Waals surface area contributed by atoms with Crippen molar-refractivity contribution in [1.29, 1.82) is 0 Å². The Morgan fingerprint density at radius 3 is 2.63 bits per heavy atom. The lowest BCUT2D eigenvalue weighted by atomic mass is 9.93. The minimum Gasteiger partial charge on any atom is -0.480 e. The van der Waals surface area contributed by atoms with Crippen molar-refractivity contribution in [1.82, 2.24) is 10.6 Å². The quantitative estimate of drug-likeness (QED) is 0.661. The van der Waals surface area contributed by atoms with Gasteiger partial charge in [0.1, 0.15) is 6.04 Å². The van der Waals surface area contributed by atoms with Crippen molar-refractivity contribution in [2.75, 3.05) is 0 Å². The third-order valence-corrected chi connectivity index (χ3v) is 3.99. The van der Waals surface area contributed by atoms with E-state index in [1.54, 1.807) is 0 Å². The van der Waals surface area contributed by atoms with E-state index in [-0.39, 0.29) is 12.5 Å². The maximum atomic E-state index is 11.8. The van der Waals surface area contributed by atoms with Gasteiger partial charge in [0.05, 0.1) is 0 Å². The van der Waals surface area contributed by atoms with Crippen LogP contribution in [0.1, 0.15) is 39.5 Å². The van der Waals surface area contributed by atoms with Gasteiger partial charge in [-0.25, -0.2) is 9.59 Å². The van der Waals surface area contributed by atoms with Gasteiger partial charge in [-0.1, -0.05) is 20.3 Å². The highest BCUT2D eigenvalue weighted by Crippen LogP contribution is 2.33. The van der Waals surface area contributed by atoms with Crippen molar-refractivity contribution in [2.45, 2.75) is 51.6 Å². The molecule has 5 nitrogen and oxygen atoms in total. The zero-order chi connectivity index (χ0) is 14.4. The first-order valence-electron chi connectivity index (χ1n) is 6.72. The number of carbonyl (C=O) groups is 2. The molecule has 0 saturated heterocycles. The molecule has 0 radical (unpaired) electrons. The first-order chi connectivity index (χ1) is 8.99. The Hall–Kier alpha value is -1.70. The normalized spacial score (nSPS) is 27.3. The predicted octanol–water partition coefficient (Wildman–Crippen LogP) is 1.59. The smallest absolute Gasteiger partial charge is 0.327 e. The number of rotatable bonds is 5. The molecule has 19 heavy (non-hydrogen) atoms. The number of amides is 2. The molecule has 2 amide bonds. The number of urea groups is 1. The summed E-state index contributed by atoms with van der Waals surface area (Å²) in [6.45, 7) is 4.28. The number of terminal acetylenes is 1. The van der Waals surface area contributed by atoms with Crippen molar-refractivity contribution in [3.05, 3.63) is 0 Å². The molecule has 3 N–H and O–H groups in total. The van der Waals surface area contributed by atoms with Gasteiger partial charge in [-0.05, 0) is 24.7 Å². The highest BCUT2D eigenvalue weighted by Gasteiger charge is 2.33. The molecule has 4 atom stereocenters. The van der Waals surface area contributed by atoms with Crippen LogP contribution in [0.3, 0.4) is 0 Å². The lowest BCUT2D eigenvalue weighted by Gasteiger charge is -2.22. The summed E-state index contributed by atoms with van der Waals surface area (Å²) in [6.07, 6.45) is 8.22. The summed E-state index contributed by atoms with van der Waals surface area (Å²) in [7, 11) is 0. The average molecular weight is 266 g/mol. The van der Waals surface area contributed by atoms with Gasteiger partial charge < -0.3 is 15.7 Å². The van der Waals surface area contributed by atoms with Gasteiger partial charge >= 0.3 is 12.0 Å². The standard InChI is InChI=1S/C14H22N2O3/c1-4-6-12(13(17)18)16-14(19)15-11-8-7-10(5-2)9(11)3/h1,9-12H,5-8H2,2-3H3,(H,17,18)(H2,15,16,19). The van der Waals surface area contributed by atoms with E-state index >= 15 is 0 Å². The van der Waals surface area contributed by atoms with Gasteiger partial charge in [0.25, 0.3) is 0 Å².